The fraction of sp³-hybridized carbons (Fsp3) is 1.00. The Morgan fingerprint density at radius 3 is 1.53 bits per heavy atom. The summed E-state index contributed by atoms with van der Waals surface area (Å²) in [5.41, 5.74) is 2.48. The Balaban J connectivity index is 4.14. The van der Waals surface area contributed by atoms with Crippen LogP contribution in [0.15, 0.2) is 0 Å². The first-order chi connectivity index (χ1) is 8.89. The Labute approximate surface area is 124 Å². The summed E-state index contributed by atoms with van der Waals surface area (Å²) in [5.74, 6) is 0. The van der Waals surface area contributed by atoms with E-state index < -0.39 is 8.24 Å². The van der Waals surface area contributed by atoms with E-state index in [1.807, 2.05) is 0 Å². The normalized spacial score (nSPS) is 12.9. The molecule has 19 heavy (non-hydrogen) atoms. The first-order valence-corrected chi connectivity index (χ1v) is 10.9. The molecule has 0 amide bonds. The number of hydrogen-bond donors (Lipinski definition) is 1. The van der Waals surface area contributed by atoms with Crippen LogP contribution in [0.3, 0.4) is 0 Å². The Kier molecular flexibility index (Phi) is 10.1. The molecule has 0 fully saturated rings. The first kappa shape index (κ1) is 19.2. The zero-order valence-electron chi connectivity index (χ0n) is 14.7. The third-order valence-corrected chi connectivity index (χ3v) is 11.4. The molecule has 0 bridgehead atoms. The van der Waals surface area contributed by atoms with Crippen LogP contribution in [0.5, 0.6) is 0 Å². The average Bonchev–Trinajstić information content (AvgIpc) is 2.31. The van der Waals surface area contributed by atoms with E-state index >= 15 is 0 Å². The number of hydrogen-bond acceptors (Lipinski definition) is 1. The molecule has 116 valence electrons. The van der Waals surface area contributed by atoms with E-state index in [0.29, 0.717) is 0 Å². The van der Waals surface area contributed by atoms with Crippen LogP contribution in [0.25, 0.3) is 0 Å². The van der Waals surface area contributed by atoms with E-state index in [4.69, 9.17) is 0 Å². The first-order valence-electron chi connectivity index (χ1n) is 8.64. The van der Waals surface area contributed by atoms with Gasteiger partial charge in [-0.3, -0.25) is 0 Å². The van der Waals surface area contributed by atoms with E-state index in [2.05, 4.69) is 53.4 Å². The number of rotatable bonds is 11. The van der Waals surface area contributed by atoms with Crippen molar-refractivity contribution in [3.8, 4) is 0 Å². The van der Waals surface area contributed by atoms with Gasteiger partial charge in [0, 0.05) is 0 Å². The highest BCUT2D eigenvalue weighted by Crippen LogP contribution is 2.38. The maximum Gasteiger partial charge on any atom is 0.133 e. The van der Waals surface area contributed by atoms with Crippen LogP contribution in [0.1, 0.15) is 87.0 Å². The molecule has 0 saturated carbocycles. The van der Waals surface area contributed by atoms with Crippen molar-refractivity contribution < 1.29 is 0 Å². The summed E-state index contributed by atoms with van der Waals surface area (Å²) in [4.78, 5) is 4.06. The van der Waals surface area contributed by atoms with Crippen LogP contribution >= 0.6 is 0 Å². The van der Waals surface area contributed by atoms with Gasteiger partial charge in [-0.2, -0.15) is 0 Å². The number of unbranched alkanes of at least 4 members (excludes halogenated alkanes) is 5. The Morgan fingerprint density at radius 2 is 1.11 bits per heavy atom. The van der Waals surface area contributed by atoms with Gasteiger partial charge in [-0.05, 0) is 29.6 Å². The van der Waals surface area contributed by atoms with E-state index in [9.17, 15) is 0 Å². The third kappa shape index (κ3) is 5.99. The van der Waals surface area contributed by atoms with Crippen molar-refractivity contribution in [2.75, 3.05) is 6.54 Å². The summed E-state index contributed by atoms with van der Waals surface area (Å²) in [7, 11) is -1.35. The summed E-state index contributed by atoms with van der Waals surface area (Å²) in [6, 6.07) is 0. The molecule has 0 saturated heterocycles. The molecule has 0 aromatic carbocycles. The van der Waals surface area contributed by atoms with Crippen molar-refractivity contribution in [2.45, 2.75) is 104 Å². The molecule has 1 nitrogen and oxygen atoms in total. The predicted octanol–water partition coefficient (Wildman–Crippen LogP) is 6.11. The SMILES string of the molecule is CCCCCCCCN[Si](C(C)C)(C(C)C)C(C)C. The lowest BCUT2D eigenvalue weighted by Crippen LogP contribution is -2.58. The molecule has 0 aromatic heterocycles. The molecule has 0 unspecified atom stereocenters. The molecule has 0 spiro atoms. The van der Waals surface area contributed by atoms with Crippen molar-refractivity contribution in [3.05, 3.63) is 0 Å². The topological polar surface area (TPSA) is 12.0 Å². The zero-order valence-corrected chi connectivity index (χ0v) is 15.7. The standard InChI is InChI=1S/C17H39NSi/c1-8-9-10-11-12-13-14-18-19(15(2)3,16(4)5)17(6)7/h15-18H,8-14H2,1-7H3. The zero-order chi connectivity index (χ0) is 14.9. The molecule has 2 heteroatoms. The molecule has 0 atom stereocenters. The summed E-state index contributed by atoms with van der Waals surface area (Å²) >= 11 is 0. The summed E-state index contributed by atoms with van der Waals surface area (Å²) in [6.45, 7) is 18.1. The Hall–Kier alpha value is 0.177. The van der Waals surface area contributed by atoms with Crippen LogP contribution in [-0.4, -0.2) is 14.8 Å². The van der Waals surface area contributed by atoms with Crippen LogP contribution < -0.4 is 4.98 Å². The van der Waals surface area contributed by atoms with Gasteiger partial charge in [0.15, 0.2) is 0 Å². The van der Waals surface area contributed by atoms with Crippen molar-refractivity contribution in [3.63, 3.8) is 0 Å². The maximum absolute atomic E-state index is 4.06. The second-order valence-corrected chi connectivity index (χ2v) is 12.8. The summed E-state index contributed by atoms with van der Waals surface area (Å²) in [6.07, 6.45) is 8.39. The van der Waals surface area contributed by atoms with Crippen LogP contribution in [0.2, 0.25) is 16.6 Å². The minimum Gasteiger partial charge on any atom is -0.336 e. The Morgan fingerprint density at radius 1 is 0.684 bits per heavy atom. The van der Waals surface area contributed by atoms with Crippen LogP contribution in [0.4, 0.5) is 0 Å². The van der Waals surface area contributed by atoms with Gasteiger partial charge in [-0.25, -0.2) is 0 Å². The predicted molar refractivity (Wildman–Crippen MR) is 92.4 cm³/mol. The van der Waals surface area contributed by atoms with Crippen LogP contribution in [0, 0.1) is 0 Å². The smallest absolute Gasteiger partial charge is 0.133 e. The van der Waals surface area contributed by atoms with E-state index in [-0.39, 0.29) is 0 Å². The molecule has 0 aliphatic rings. The van der Waals surface area contributed by atoms with Crippen molar-refractivity contribution in [1.29, 1.82) is 0 Å². The molecule has 0 heterocycles. The van der Waals surface area contributed by atoms with Gasteiger partial charge in [-0.15, -0.1) is 0 Å². The lowest BCUT2D eigenvalue weighted by molar-refractivity contribution is 0.594. The second kappa shape index (κ2) is 9.98. The van der Waals surface area contributed by atoms with Crippen molar-refractivity contribution in [1.82, 2.24) is 4.98 Å². The fourth-order valence-electron chi connectivity index (χ4n) is 3.82. The van der Waals surface area contributed by atoms with Gasteiger partial charge in [0.1, 0.15) is 8.24 Å². The average molecular weight is 286 g/mol. The van der Waals surface area contributed by atoms with Gasteiger partial charge >= 0.3 is 0 Å². The highest BCUT2D eigenvalue weighted by Gasteiger charge is 2.42. The van der Waals surface area contributed by atoms with E-state index in [1.54, 1.807) is 0 Å². The van der Waals surface area contributed by atoms with Gasteiger partial charge in [-0.1, -0.05) is 80.6 Å². The molecular weight excluding hydrogens is 246 g/mol. The quantitative estimate of drug-likeness (QED) is 0.356. The maximum atomic E-state index is 4.06. The lowest BCUT2D eigenvalue weighted by atomic mass is 10.1. The van der Waals surface area contributed by atoms with Crippen molar-refractivity contribution in [2.24, 2.45) is 0 Å². The minimum atomic E-state index is -1.35. The molecular formula is C17H39NSi. The minimum absolute atomic E-state index is 0.826. The molecule has 0 aliphatic carbocycles. The second-order valence-electron chi connectivity index (χ2n) is 7.09. The molecule has 0 aromatic rings. The lowest BCUT2D eigenvalue weighted by Gasteiger charge is -2.43. The molecule has 0 rings (SSSR count). The fourth-order valence-corrected chi connectivity index (χ4v) is 9.66. The van der Waals surface area contributed by atoms with Gasteiger partial charge in [0.25, 0.3) is 0 Å². The molecule has 1 N–H and O–H groups in total. The monoisotopic (exact) mass is 285 g/mol. The van der Waals surface area contributed by atoms with E-state index in [0.717, 1.165) is 16.6 Å². The highest BCUT2D eigenvalue weighted by molar-refractivity contribution is 6.81. The summed E-state index contributed by atoms with van der Waals surface area (Å²) < 4.78 is 0. The number of nitrogens with one attached hydrogen (secondary N) is 1. The Bertz CT molecular complexity index is 190. The molecule has 0 radical (unpaired) electrons. The molecule has 0 aliphatic heterocycles. The third-order valence-electron chi connectivity index (χ3n) is 4.83. The van der Waals surface area contributed by atoms with Gasteiger partial charge in [0.2, 0.25) is 0 Å². The van der Waals surface area contributed by atoms with Crippen molar-refractivity contribution >= 4 is 8.24 Å². The highest BCUT2D eigenvalue weighted by atomic mass is 28.3. The van der Waals surface area contributed by atoms with Gasteiger partial charge in [0.05, 0.1) is 0 Å². The van der Waals surface area contributed by atoms with Crippen LogP contribution in [-0.2, 0) is 0 Å². The largest absolute Gasteiger partial charge is 0.336 e. The summed E-state index contributed by atoms with van der Waals surface area (Å²) in [5, 5.41) is 0. The van der Waals surface area contributed by atoms with Gasteiger partial charge < -0.3 is 4.98 Å². The van der Waals surface area contributed by atoms with E-state index in [1.165, 1.54) is 45.1 Å².